The summed E-state index contributed by atoms with van der Waals surface area (Å²) in [7, 11) is 3.03. The summed E-state index contributed by atoms with van der Waals surface area (Å²) < 4.78 is 16.2. The SMILES string of the molecule is COc1ccc(CN(C(=O)O)[C@@H](C(C(=O)N2C(=O)OC[C@H]2Cc2ccccc2)c2ccc(Cl)cc2)C(C)(C)C)c(OC)c1. The van der Waals surface area contributed by atoms with Gasteiger partial charge in [-0.2, -0.15) is 0 Å². The molecule has 1 unspecified atom stereocenters. The number of imide groups is 1. The number of carboxylic acid groups (broad SMARTS) is 1. The lowest BCUT2D eigenvalue weighted by Gasteiger charge is -2.44. The third-order valence-electron chi connectivity index (χ3n) is 7.63. The maximum Gasteiger partial charge on any atom is 0.417 e. The van der Waals surface area contributed by atoms with Crippen LogP contribution in [0.2, 0.25) is 5.02 Å². The van der Waals surface area contributed by atoms with Crippen LogP contribution in [-0.2, 0) is 22.5 Å². The lowest BCUT2D eigenvalue weighted by Crippen LogP contribution is -2.55. The van der Waals surface area contributed by atoms with Crippen LogP contribution in [0.15, 0.2) is 72.8 Å². The van der Waals surface area contributed by atoms with Crippen molar-refractivity contribution in [3.63, 3.8) is 0 Å². The van der Waals surface area contributed by atoms with Crippen molar-refractivity contribution in [3.8, 4) is 11.5 Å². The number of hydrogen-bond acceptors (Lipinski definition) is 6. The first kappa shape index (κ1) is 31.7. The quantitative estimate of drug-likeness (QED) is 0.275. The molecule has 10 heteroatoms. The summed E-state index contributed by atoms with van der Waals surface area (Å²) in [4.78, 5) is 43.2. The third kappa shape index (κ3) is 7.22. The average molecular weight is 609 g/mol. The van der Waals surface area contributed by atoms with Gasteiger partial charge in [-0.25, -0.2) is 14.5 Å². The van der Waals surface area contributed by atoms with Gasteiger partial charge in [-0.3, -0.25) is 9.69 Å². The van der Waals surface area contributed by atoms with E-state index >= 15 is 0 Å². The molecule has 0 bridgehead atoms. The number of amides is 3. The van der Waals surface area contributed by atoms with Crippen molar-refractivity contribution in [2.24, 2.45) is 5.41 Å². The zero-order valence-corrected chi connectivity index (χ0v) is 25.7. The molecular formula is C33H37ClN2O7. The van der Waals surface area contributed by atoms with Crippen LogP contribution in [0.3, 0.4) is 0 Å². The molecule has 3 atom stereocenters. The van der Waals surface area contributed by atoms with Gasteiger partial charge in [0.1, 0.15) is 18.1 Å². The van der Waals surface area contributed by atoms with Crippen LogP contribution in [0.4, 0.5) is 9.59 Å². The van der Waals surface area contributed by atoms with Gasteiger partial charge in [-0.1, -0.05) is 74.8 Å². The van der Waals surface area contributed by atoms with E-state index in [0.29, 0.717) is 34.1 Å². The molecule has 3 aromatic rings. The van der Waals surface area contributed by atoms with Gasteiger partial charge in [-0.15, -0.1) is 0 Å². The van der Waals surface area contributed by atoms with Gasteiger partial charge in [0.25, 0.3) is 0 Å². The molecule has 1 heterocycles. The molecule has 9 nitrogen and oxygen atoms in total. The van der Waals surface area contributed by atoms with Crippen molar-refractivity contribution in [1.82, 2.24) is 9.80 Å². The van der Waals surface area contributed by atoms with Crippen LogP contribution < -0.4 is 9.47 Å². The van der Waals surface area contributed by atoms with Gasteiger partial charge in [0.05, 0.1) is 38.8 Å². The van der Waals surface area contributed by atoms with Gasteiger partial charge in [0, 0.05) is 16.7 Å². The minimum Gasteiger partial charge on any atom is -0.497 e. The molecule has 3 aromatic carbocycles. The summed E-state index contributed by atoms with van der Waals surface area (Å²) in [6, 6.07) is 19.9. The largest absolute Gasteiger partial charge is 0.497 e. The first-order valence-corrected chi connectivity index (χ1v) is 14.3. The van der Waals surface area contributed by atoms with Crippen LogP contribution in [0.1, 0.15) is 43.4 Å². The van der Waals surface area contributed by atoms with Crippen LogP contribution >= 0.6 is 11.6 Å². The van der Waals surface area contributed by atoms with Gasteiger partial charge in [-0.05, 0) is 47.2 Å². The van der Waals surface area contributed by atoms with E-state index in [1.54, 1.807) is 42.5 Å². The zero-order valence-electron chi connectivity index (χ0n) is 25.0. The first-order chi connectivity index (χ1) is 20.4. The van der Waals surface area contributed by atoms with E-state index in [-0.39, 0.29) is 13.2 Å². The number of methoxy groups -OCH3 is 2. The lowest BCUT2D eigenvalue weighted by atomic mass is 9.74. The Labute approximate surface area is 256 Å². The van der Waals surface area contributed by atoms with E-state index in [0.717, 1.165) is 10.5 Å². The highest BCUT2D eigenvalue weighted by molar-refractivity contribution is 6.30. The molecule has 1 fully saturated rings. The zero-order chi connectivity index (χ0) is 31.3. The van der Waals surface area contributed by atoms with Crippen molar-refractivity contribution in [1.29, 1.82) is 0 Å². The number of carbonyl (C=O) groups excluding carboxylic acids is 2. The molecule has 1 aliphatic heterocycles. The lowest BCUT2D eigenvalue weighted by molar-refractivity contribution is -0.133. The fraction of sp³-hybridized carbons (Fsp3) is 0.364. The Morgan fingerprint density at radius 3 is 2.30 bits per heavy atom. The molecule has 0 spiro atoms. The van der Waals surface area contributed by atoms with E-state index in [1.165, 1.54) is 19.1 Å². The number of cyclic esters (lactones) is 1. The molecule has 0 saturated carbocycles. The summed E-state index contributed by atoms with van der Waals surface area (Å²) in [5, 5.41) is 11.1. The number of rotatable bonds is 10. The number of hydrogen-bond donors (Lipinski definition) is 1. The maximum absolute atomic E-state index is 14.6. The molecule has 4 rings (SSSR count). The van der Waals surface area contributed by atoms with Crippen molar-refractivity contribution >= 4 is 29.7 Å². The molecule has 3 amide bonds. The van der Waals surface area contributed by atoms with Gasteiger partial charge < -0.3 is 19.3 Å². The molecule has 1 aliphatic rings. The average Bonchev–Trinajstić information content (AvgIpc) is 3.34. The summed E-state index contributed by atoms with van der Waals surface area (Å²) in [6.45, 7) is 5.58. The van der Waals surface area contributed by atoms with Crippen LogP contribution in [-0.4, -0.2) is 65.9 Å². The predicted octanol–water partition coefficient (Wildman–Crippen LogP) is 6.63. The molecule has 228 valence electrons. The Bertz CT molecular complexity index is 1440. The first-order valence-electron chi connectivity index (χ1n) is 13.9. The Morgan fingerprint density at radius 1 is 1.05 bits per heavy atom. The molecule has 1 saturated heterocycles. The van der Waals surface area contributed by atoms with E-state index in [4.69, 9.17) is 25.8 Å². The van der Waals surface area contributed by atoms with Crippen LogP contribution in [0.25, 0.3) is 0 Å². The minimum absolute atomic E-state index is 0.0404. The van der Waals surface area contributed by atoms with E-state index < -0.39 is 41.5 Å². The minimum atomic E-state index is -1.23. The third-order valence-corrected chi connectivity index (χ3v) is 7.88. The second-order valence-corrected chi connectivity index (χ2v) is 12.0. The summed E-state index contributed by atoms with van der Waals surface area (Å²) in [5.74, 6) is -0.611. The Hall–Kier alpha value is -4.24. The second kappa shape index (κ2) is 13.4. The van der Waals surface area contributed by atoms with Gasteiger partial charge >= 0.3 is 12.2 Å². The monoisotopic (exact) mass is 608 g/mol. The number of ether oxygens (including phenoxy) is 3. The van der Waals surface area contributed by atoms with Crippen molar-refractivity contribution in [3.05, 3.63) is 94.5 Å². The van der Waals surface area contributed by atoms with E-state index in [2.05, 4.69) is 0 Å². The Morgan fingerprint density at radius 2 is 1.72 bits per heavy atom. The topological polar surface area (TPSA) is 106 Å². The molecular weight excluding hydrogens is 572 g/mol. The number of benzene rings is 3. The number of halogens is 1. The second-order valence-electron chi connectivity index (χ2n) is 11.6. The highest BCUT2D eigenvalue weighted by Crippen LogP contribution is 2.40. The van der Waals surface area contributed by atoms with Gasteiger partial charge in [0.15, 0.2) is 0 Å². The Balaban J connectivity index is 1.82. The fourth-order valence-electron chi connectivity index (χ4n) is 5.65. The summed E-state index contributed by atoms with van der Waals surface area (Å²) in [6.07, 6.45) is -1.58. The van der Waals surface area contributed by atoms with Crippen molar-refractivity contribution in [2.45, 2.75) is 51.7 Å². The highest BCUT2D eigenvalue weighted by Gasteiger charge is 2.49. The van der Waals surface area contributed by atoms with Gasteiger partial charge in [0.2, 0.25) is 5.91 Å². The van der Waals surface area contributed by atoms with E-state index in [9.17, 15) is 19.5 Å². The van der Waals surface area contributed by atoms with Crippen molar-refractivity contribution < 1.29 is 33.7 Å². The number of nitrogens with zero attached hydrogens (tertiary/aromatic N) is 2. The van der Waals surface area contributed by atoms with Crippen LogP contribution in [0.5, 0.6) is 11.5 Å². The normalized spacial score (nSPS) is 16.3. The molecule has 43 heavy (non-hydrogen) atoms. The molecule has 0 aliphatic carbocycles. The van der Waals surface area contributed by atoms with Crippen LogP contribution in [0, 0.1) is 5.41 Å². The Kier molecular flexibility index (Phi) is 9.86. The van der Waals surface area contributed by atoms with Crippen molar-refractivity contribution in [2.75, 3.05) is 20.8 Å². The smallest absolute Gasteiger partial charge is 0.417 e. The molecule has 1 N–H and O–H groups in total. The maximum atomic E-state index is 14.6. The standard InChI is InChI=1S/C33H37ClN2O7/c1-33(2,3)29(35(31(38)39)19-23-13-16-26(41-4)18-27(23)42-5)28(22-11-14-24(34)15-12-22)30(37)36-25(20-43-32(36)40)17-21-9-7-6-8-10-21/h6-16,18,25,28-29H,17,19-20H2,1-5H3,(H,38,39)/t25-,28?,29+/m1/s1. The van der Waals surface area contributed by atoms with E-state index in [1.807, 2.05) is 51.1 Å². The highest BCUT2D eigenvalue weighted by atomic mass is 35.5. The summed E-state index contributed by atoms with van der Waals surface area (Å²) >= 11 is 6.21. The molecule has 0 radical (unpaired) electrons. The fourth-order valence-corrected chi connectivity index (χ4v) is 5.77. The number of carbonyl (C=O) groups is 3. The predicted molar refractivity (Wildman–Crippen MR) is 163 cm³/mol. The molecule has 0 aromatic heterocycles. The summed E-state index contributed by atoms with van der Waals surface area (Å²) in [5.41, 5.74) is 1.29.